The zero-order chi connectivity index (χ0) is 15.6. The second-order valence-electron chi connectivity index (χ2n) is 7.31. The van der Waals surface area contributed by atoms with Gasteiger partial charge in [0.15, 0.2) is 0 Å². The van der Waals surface area contributed by atoms with Crippen molar-refractivity contribution in [3.05, 3.63) is 51.8 Å². The van der Waals surface area contributed by atoms with Crippen LogP contribution in [0.15, 0.2) is 29.1 Å². The van der Waals surface area contributed by atoms with Gasteiger partial charge in [0.2, 0.25) is 0 Å². The van der Waals surface area contributed by atoms with Gasteiger partial charge in [0.25, 0.3) is 0 Å². The smallest absolute Gasteiger partial charge is 0.295 e. The Balaban J connectivity index is 1.72. The van der Waals surface area contributed by atoms with E-state index >= 15 is 0 Å². The fourth-order valence-electron chi connectivity index (χ4n) is 4.48. The molecule has 0 radical (unpaired) electrons. The molecule has 2 saturated carbocycles. The average Bonchev–Trinajstić information content (AvgIpc) is 3.13. The van der Waals surface area contributed by atoms with Crippen LogP contribution in [0.4, 0.5) is 4.39 Å². The van der Waals surface area contributed by atoms with E-state index in [4.69, 9.17) is 0 Å². The molecule has 1 aromatic carbocycles. The van der Waals surface area contributed by atoms with E-state index in [-0.39, 0.29) is 11.5 Å². The number of nitrogens with zero attached hydrogens (tertiary/aromatic N) is 2. The molecule has 5 rings (SSSR count). The van der Waals surface area contributed by atoms with Crippen molar-refractivity contribution in [1.82, 2.24) is 9.55 Å². The van der Waals surface area contributed by atoms with Crippen molar-refractivity contribution in [2.24, 2.45) is 5.92 Å². The Kier molecular flexibility index (Phi) is 2.79. The van der Waals surface area contributed by atoms with E-state index in [1.54, 1.807) is 12.1 Å². The van der Waals surface area contributed by atoms with E-state index in [1.165, 1.54) is 49.1 Å². The number of halogens is 1. The summed E-state index contributed by atoms with van der Waals surface area (Å²) in [5, 5.41) is 0. The van der Waals surface area contributed by atoms with Gasteiger partial charge < -0.3 is 0 Å². The molecule has 0 saturated heterocycles. The summed E-state index contributed by atoms with van der Waals surface area (Å²) in [5.74, 6) is 1.45. The normalized spacial score (nSPS) is 24.9. The minimum atomic E-state index is -0.256. The number of rotatable bonds is 3. The lowest BCUT2D eigenvalue weighted by atomic mass is 9.91. The lowest BCUT2D eigenvalue weighted by molar-refractivity contribution is 0.532. The summed E-state index contributed by atoms with van der Waals surface area (Å²) in [4.78, 5) is 17.1. The lowest BCUT2D eigenvalue weighted by Gasteiger charge is -2.22. The standard InChI is InChI=1S/C19H19FN2O/c20-15-7-5-12(6-8-15)17-16-13-3-4-14(9-13)18(16)22(19(23)21-17)10-11-1-2-11/h5-8,11,13-14H,1-4,9-10H2. The van der Waals surface area contributed by atoms with Gasteiger partial charge in [-0.25, -0.2) is 9.18 Å². The van der Waals surface area contributed by atoms with Crippen LogP contribution in [0.5, 0.6) is 0 Å². The van der Waals surface area contributed by atoms with Crippen LogP contribution in [0.3, 0.4) is 0 Å². The summed E-state index contributed by atoms with van der Waals surface area (Å²) >= 11 is 0. The molecular weight excluding hydrogens is 291 g/mol. The fourth-order valence-corrected chi connectivity index (χ4v) is 4.48. The average molecular weight is 310 g/mol. The van der Waals surface area contributed by atoms with E-state index in [2.05, 4.69) is 4.98 Å². The first kappa shape index (κ1) is 13.5. The van der Waals surface area contributed by atoms with Crippen LogP contribution < -0.4 is 5.69 Å². The molecule has 118 valence electrons. The first-order chi connectivity index (χ1) is 11.2. The summed E-state index contributed by atoms with van der Waals surface area (Å²) in [5.41, 5.74) is 4.05. The fraction of sp³-hybridized carbons (Fsp3) is 0.474. The predicted molar refractivity (Wildman–Crippen MR) is 85.9 cm³/mol. The van der Waals surface area contributed by atoms with Crippen molar-refractivity contribution < 1.29 is 4.39 Å². The zero-order valence-electron chi connectivity index (χ0n) is 13.0. The number of hydrogen-bond donors (Lipinski definition) is 0. The van der Waals surface area contributed by atoms with Crippen LogP contribution in [-0.2, 0) is 6.54 Å². The highest BCUT2D eigenvalue weighted by Crippen LogP contribution is 2.55. The predicted octanol–water partition coefficient (Wildman–Crippen LogP) is 3.82. The Labute approximate surface area is 134 Å². The van der Waals surface area contributed by atoms with Crippen LogP contribution in [0.2, 0.25) is 0 Å². The van der Waals surface area contributed by atoms with Crippen LogP contribution >= 0.6 is 0 Å². The molecule has 3 aliphatic carbocycles. The van der Waals surface area contributed by atoms with Gasteiger partial charge in [0.05, 0.1) is 5.69 Å². The number of hydrogen-bond acceptors (Lipinski definition) is 2. The quantitative estimate of drug-likeness (QED) is 0.863. The van der Waals surface area contributed by atoms with E-state index in [0.717, 1.165) is 24.2 Å². The molecule has 3 aliphatic rings. The maximum Gasteiger partial charge on any atom is 0.348 e. The molecule has 2 unspecified atom stereocenters. The van der Waals surface area contributed by atoms with E-state index in [0.29, 0.717) is 17.8 Å². The highest BCUT2D eigenvalue weighted by Gasteiger charge is 2.42. The first-order valence-electron chi connectivity index (χ1n) is 8.61. The van der Waals surface area contributed by atoms with Gasteiger partial charge in [-0.1, -0.05) is 0 Å². The van der Waals surface area contributed by atoms with Gasteiger partial charge in [0, 0.05) is 29.3 Å². The molecule has 0 spiro atoms. The summed E-state index contributed by atoms with van der Waals surface area (Å²) in [6.45, 7) is 0.834. The molecule has 23 heavy (non-hydrogen) atoms. The monoisotopic (exact) mass is 310 g/mol. The summed E-state index contributed by atoms with van der Waals surface area (Å²) in [6.07, 6.45) is 5.99. The summed E-state index contributed by atoms with van der Waals surface area (Å²) < 4.78 is 15.2. The third-order valence-corrected chi connectivity index (χ3v) is 5.74. The Morgan fingerprint density at radius 2 is 1.83 bits per heavy atom. The molecule has 3 nitrogen and oxygen atoms in total. The minimum Gasteiger partial charge on any atom is -0.295 e. The van der Waals surface area contributed by atoms with Gasteiger partial charge in [-0.2, -0.15) is 4.98 Å². The van der Waals surface area contributed by atoms with Crippen LogP contribution in [0, 0.1) is 11.7 Å². The number of fused-ring (bicyclic) bond motifs is 5. The van der Waals surface area contributed by atoms with Gasteiger partial charge in [-0.15, -0.1) is 0 Å². The number of benzene rings is 1. The maximum atomic E-state index is 13.2. The highest BCUT2D eigenvalue weighted by atomic mass is 19.1. The van der Waals surface area contributed by atoms with Crippen molar-refractivity contribution in [2.45, 2.75) is 50.5 Å². The SMILES string of the molecule is O=c1nc(-c2ccc(F)cc2)c2c(n1CC1CC1)C1CCC2C1. The zero-order valence-corrected chi connectivity index (χ0v) is 13.0. The van der Waals surface area contributed by atoms with E-state index < -0.39 is 0 Å². The molecule has 1 aromatic heterocycles. The van der Waals surface area contributed by atoms with Gasteiger partial charge in [-0.3, -0.25) is 4.57 Å². The molecule has 4 heteroatoms. The molecule has 2 bridgehead atoms. The molecular formula is C19H19FN2O. The van der Waals surface area contributed by atoms with Gasteiger partial charge in [0.1, 0.15) is 5.82 Å². The lowest BCUT2D eigenvalue weighted by Crippen LogP contribution is -2.30. The molecule has 0 aliphatic heterocycles. The van der Waals surface area contributed by atoms with Crippen LogP contribution in [0.25, 0.3) is 11.3 Å². The second-order valence-corrected chi connectivity index (χ2v) is 7.31. The number of aromatic nitrogens is 2. The van der Waals surface area contributed by atoms with E-state index in [1.807, 2.05) is 4.57 Å². The molecule has 2 aromatic rings. The van der Waals surface area contributed by atoms with Crippen LogP contribution in [0.1, 0.15) is 55.2 Å². The van der Waals surface area contributed by atoms with Crippen molar-refractivity contribution >= 4 is 0 Å². The Morgan fingerprint density at radius 3 is 2.57 bits per heavy atom. The third kappa shape index (κ3) is 2.07. The van der Waals surface area contributed by atoms with Gasteiger partial charge in [-0.05, 0) is 68.2 Å². The Hall–Kier alpha value is -1.97. The Morgan fingerprint density at radius 1 is 1.09 bits per heavy atom. The van der Waals surface area contributed by atoms with Crippen LogP contribution in [-0.4, -0.2) is 9.55 Å². The third-order valence-electron chi connectivity index (χ3n) is 5.74. The van der Waals surface area contributed by atoms with E-state index in [9.17, 15) is 9.18 Å². The van der Waals surface area contributed by atoms with Gasteiger partial charge >= 0.3 is 5.69 Å². The minimum absolute atomic E-state index is 0.123. The topological polar surface area (TPSA) is 34.9 Å². The second kappa shape index (κ2) is 4.76. The Bertz CT molecular complexity index is 836. The molecule has 0 N–H and O–H groups in total. The first-order valence-corrected chi connectivity index (χ1v) is 8.61. The summed E-state index contributed by atoms with van der Waals surface area (Å²) in [6, 6.07) is 6.39. The highest BCUT2D eigenvalue weighted by molar-refractivity contribution is 5.66. The molecule has 1 heterocycles. The molecule has 2 fully saturated rings. The largest absolute Gasteiger partial charge is 0.348 e. The maximum absolute atomic E-state index is 13.2. The summed E-state index contributed by atoms with van der Waals surface area (Å²) in [7, 11) is 0. The molecule has 0 amide bonds. The van der Waals surface area contributed by atoms with Crippen molar-refractivity contribution in [1.29, 1.82) is 0 Å². The van der Waals surface area contributed by atoms with Crippen molar-refractivity contribution in [3.8, 4) is 11.3 Å². The van der Waals surface area contributed by atoms with Crippen molar-refractivity contribution in [2.75, 3.05) is 0 Å². The van der Waals surface area contributed by atoms with Crippen molar-refractivity contribution in [3.63, 3.8) is 0 Å². The molecule has 2 atom stereocenters.